The summed E-state index contributed by atoms with van der Waals surface area (Å²) in [6, 6.07) is 4.23. The SMILES string of the molecule is CN(Cc1cccs1)C(=O)CC1COCCN1. The molecular formula is C12H18N2O2S. The van der Waals surface area contributed by atoms with Crippen molar-refractivity contribution in [2.24, 2.45) is 0 Å². The number of thiophene rings is 1. The van der Waals surface area contributed by atoms with E-state index in [1.165, 1.54) is 4.88 Å². The largest absolute Gasteiger partial charge is 0.378 e. The van der Waals surface area contributed by atoms with Crippen LogP contribution in [0.2, 0.25) is 0 Å². The van der Waals surface area contributed by atoms with Gasteiger partial charge in [0.25, 0.3) is 0 Å². The van der Waals surface area contributed by atoms with Crippen LogP contribution in [0.15, 0.2) is 17.5 Å². The van der Waals surface area contributed by atoms with Gasteiger partial charge in [-0.2, -0.15) is 0 Å². The molecule has 1 aromatic rings. The van der Waals surface area contributed by atoms with Gasteiger partial charge in [-0.25, -0.2) is 0 Å². The van der Waals surface area contributed by atoms with E-state index in [1.807, 2.05) is 18.5 Å². The lowest BCUT2D eigenvalue weighted by atomic mass is 10.2. The van der Waals surface area contributed by atoms with Crippen LogP contribution >= 0.6 is 11.3 Å². The highest BCUT2D eigenvalue weighted by Gasteiger charge is 2.19. The second-order valence-electron chi connectivity index (χ2n) is 4.26. The molecule has 0 radical (unpaired) electrons. The number of hydrogen-bond acceptors (Lipinski definition) is 4. The number of carbonyl (C=O) groups is 1. The van der Waals surface area contributed by atoms with E-state index in [9.17, 15) is 4.79 Å². The highest BCUT2D eigenvalue weighted by Crippen LogP contribution is 2.12. The zero-order valence-corrected chi connectivity index (χ0v) is 10.8. The number of nitrogens with zero attached hydrogens (tertiary/aromatic N) is 1. The van der Waals surface area contributed by atoms with E-state index < -0.39 is 0 Å². The molecule has 0 saturated carbocycles. The molecule has 0 aromatic carbocycles. The summed E-state index contributed by atoms with van der Waals surface area (Å²) in [4.78, 5) is 15.0. The van der Waals surface area contributed by atoms with Crippen molar-refractivity contribution in [3.05, 3.63) is 22.4 Å². The van der Waals surface area contributed by atoms with E-state index in [-0.39, 0.29) is 11.9 Å². The first kappa shape index (κ1) is 12.5. The molecule has 1 aromatic heterocycles. The van der Waals surface area contributed by atoms with E-state index >= 15 is 0 Å². The maximum Gasteiger partial charge on any atom is 0.224 e. The first-order valence-electron chi connectivity index (χ1n) is 5.83. The van der Waals surface area contributed by atoms with Crippen LogP contribution in [-0.2, 0) is 16.1 Å². The third-order valence-electron chi connectivity index (χ3n) is 2.82. The molecule has 1 atom stereocenters. The second kappa shape index (κ2) is 6.14. The fraction of sp³-hybridized carbons (Fsp3) is 0.583. The van der Waals surface area contributed by atoms with Gasteiger partial charge in [-0.05, 0) is 11.4 Å². The Bertz CT molecular complexity index is 347. The van der Waals surface area contributed by atoms with Gasteiger partial charge in [-0.1, -0.05) is 6.07 Å². The number of amides is 1. The molecule has 4 nitrogen and oxygen atoms in total. The topological polar surface area (TPSA) is 41.6 Å². The summed E-state index contributed by atoms with van der Waals surface area (Å²) >= 11 is 1.68. The predicted octanol–water partition coefficient (Wildman–Crippen LogP) is 1.09. The molecule has 0 spiro atoms. The normalized spacial score (nSPS) is 20.2. The monoisotopic (exact) mass is 254 g/mol. The van der Waals surface area contributed by atoms with Crippen molar-refractivity contribution in [1.29, 1.82) is 0 Å². The predicted molar refractivity (Wildman–Crippen MR) is 68.0 cm³/mol. The van der Waals surface area contributed by atoms with Crippen LogP contribution in [0.25, 0.3) is 0 Å². The molecule has 1 aliphatic rings. The van der Waals surface area contributed by atoms with E-state index in [2.05, 4.69) is 11.4 Å². The lowest BCUT2D eigenvalue weighted by Gasteiger charge is -2.25. The minimum Gasteiger partial charge on any atom is -0.378 e. The van der Waals surface area contributed by atoms with Gasteiger partial charge in [0, 0.05) is 30.9 Å². The molecule has 0 aliphatic carbocycles. The van der Waals surface area contributed by atoms with Gasteiger partial charge < -0.3 is 15.0 Å². The number of nitrogens with one attached hydrogen (secondary N) is 1. The van der Waals surface area contributed by atoms with Crippen LogP contribution in [0, 0.1) is 0 Å². The van der Waals surface area contributed by atoms with Crippen LogP contribution in [-0.4, -0.2) is 43.7 Å². The number of carbonyl (C=O) groups excluding carboxylic acids is 1. The molecule has 17 heavy (non-hydrogen) atoms. The highest BCUT2D eigenvalue weighted by atomic mass is 32.1. The lowest BCUT2D eigenvalue weighted by molar-refractivity contribution is -0.131. The molecule has 1 fully saturated rings. The van der Waals surface area contributed by atoms with Crippen molar-refractivity contribution < 1.29 is 9.53 Å². The summed E-state index contributed by atoms with van der Waals surface area (Å²) in [6.07, 6.45) is 0.516. The van der Waals surface area contributed by atoms with Gasteiger partial charge in [-0.15, -0.1) is 11.3 Å². The van der Waals surface area contributed by atoms with Gasteiger partial charge in [0.1, 0.15) is 0 Å². The molecule has 2 heterocycles. The summed E-state index contributed by atoms with van der Waals surface area (Å²) in [5, 5.41) is 5.33. The van der Waals surface area contributed by atoms with Crippen molar-refractivity contribution in [3.63, 3.8) is 0 Å². The first-order valence-corrected chi connectivity index (χ1v) is 6.71. The molecule has 0 bridgehead atoms. The zero-order valence-electron chi connectivity index (χ0n) is 10.0. The molecule has 5 heteroatoms. The summed E-state index contributed by atoms with van der Waals surface area (Å²) in [6.45, 7) is 2.92. The molecular weight excluding hydrogens is 236 g/mol. The standard InChI is InChI=1S/C12H18N2O2S/c1-14(8-11-3-2-6-17-11)12(15)7-10-9-16-5-4-13-10/h2-3,6,10,13H,4-5,7-9H2,1H3. The van der Waals surface area contributed by atoms with Crippen LogP contribution in [0.1, 0.15) is 11.3 Å². The highest BCUT2D eigenvalue weighted by molar-refractivity contribution is 7.09. The molecule has 1 saturated heterocycles. The number of rotatable bonds is 4. The maximum absolute atomic E-state index is 12.0. The first-order chi connectivity index (χ1) is 8.25. The van der Waals surface area contributed by atoms with Crippen LogP contribution in [0.3, 0.4) is 0 Å². The summed E-state index contributed by atoms with van der Waals surface area (Å²) in [5.41, 5.74) is 0. The Labute approximate surface area is 106 Å². The van der Waals surface area contributed by atoms with Gasteiger partial charge in [0.2, 0.25) is 5.91 Å². The Balaban J connectivity index is 1.78. The molecule has 1 amide bonds. The smallest absolute Gasteiger partial charge is 0.224 e. The molecule has 94 valence electrons. The Kier molecular flexibility index (Phi) is 4.53. The fourth-order valence-electron chi connectivity index (χ4n) is 1.84. The van der Waals surface area contributed by atoms with Crippen molar-refractivity contribution >= 4 is 17.2 Å². The lowest BCUT2D eigenvalue weighted by Crippen LogP contribution is -2.44. The zero-order chi connectivity index (χ0) is 12.1. The van der Waals surface area contributed by atoms with Gasteiger partial charge in [0.15, 0.2) is 0 Å². The summed E-state index contributed by atoms with van der Waals surface area (Å²) in [7, 11) is 1.85. The molecule has 1 N–H and O–H groups in total. The average molecular weight is 254 g/mol. The summed E-state index contributed by atoms with van der Waals surface area (Å²) < 4.78 is 5.34. The second-order valence-corrected chi connectivity index (χ2v) is 5.29. The van der Waals surface area contributed by atoms with E-state index in [1.54, 1.807) is 16.2 Å². The third kappa shape index (κ3) is 3.80. The molecule has 1 unspecified atom stereocenters. The van der Waals surface area contributed by atoms with Crippen molar-refractivity contribution in [1.82, 2.24) is 10.2 Å². The molecule has 2 rings (SSSR count). The van der Waals surface area contributed by atoms with E-state index in [0.717, 1.165) is 13.2 Å². The van der Waals surface area contributed by atoms with Gasteiger partial charge in [-0.3, -0.25) is 4.79 Å². The third-order valence-corrected chi connectivity index (χ3v) is 3.68. The van der Waals surface area contributed by atoms with Crippen LogP contribution < -0.4 is 5.32 Å². The molecule has 1 aliphatic heterocycles. The Morgan fingerprint density at radius 1 is 1.71 bits per heavy atom. The Hall–Kier alpha value is -0.910. The fourth-order valence-corrected chi connectivity index (χ4v) is 2.60. The number of morpholine rings is 1. The van der Waals surface area contributed by atoms with E-state index in [4.69, 9.17) is 4.74 Å². The average Bonchev–Trinajstić information content (AvgIpc) is 2.83. The van der Waals surface area contributed by atoms with Crippen molar-refractivity contribution in [3.8, 4) is 0 Å². The van der Waals surface area contributed by atoms with Gasteiger partial charge in [0.05, 0.1) is 19.8 Å². The van der Waals surface area contributed by atoms with Crippen molar-refractivity contribution in [2.45, 2.75) is 19.0 Å². The van der Waals surface area contributed by atoms with E-state index in [0.29, 0.717) is 19.6 Å². The minimum atomic E-state index is 0.168. The quantitative estimate of drug-likeness (QED) is 0.874. The number of ether oxygens (including phenoxy) is 1. The maximum atomic E-state index is 12.0. The van der Waals surface area contributed by atoms with Crippen LogP contribution in [0.4, 0.5) is 0 Å². The summed E-state index contributed by atoms with van der Waals surface area (Å²) in [5.74, 6) is 0.168. The van der Waals surface area contributed by atoms with Crippen molar-refractivity contribution in [2.75, 3.05) is 26.8 Å². The van der Waals surface area contributed by atoms with Gasteiger partial charge >= 0.3 is 0 Å². The Morgan fingerprint density at radius 3 is 3.24 bits per heavy atom. The van der Waals surface area contributed by atoms with Crippen LogP contribution in [0.5, 0.6) is 0 Å². The Morgan fingerprint density at radius 2 is 2.59 bits per heavy atom. The number of hydrogen-bond donors (Lipinski definition) is 1. The minimum absolute atomic E-state index is 0.168.